The lowest BCUT2D eigenvalue weighted by Gasteiger charge is -2.24. The van der Waals surface area contributed by atoms with E-state index in [1.165, 1.54) is 6.07 Å². The summed E-state index contributed by atoms with van der Waals surface area (Å²) in [4.78, 5) is 17.0. The second kappa shape index (κ2) is 7.19. The van der Waals surface area contributed by atoms with Crippen LogP contribution < -0.4 is 5.32 Å². The Morgan fingerprint density at radius 3 is 2.55 bits per heavy atom. The van der Waals surface area contributed by atoms with E-state index in [0.29, 0.717) is 11.7 Å². The van der Waals surface area contributed by atoms with Gasteiger partial charge in [0.15, 0.2) is 0 Å². The van der Waals surface area contributed by atoms with E-state index in [1.807, 2.05) is 21.0 Å². The zero-order valence-corrected chi connectivity index (χ0v) is 12.9. The van der Waals surface area contributed by atoms with Gasteiger partial charge in [-0.05, 0) is 39.4 Å². The summed E-state index contributed by atoms with van der Waals surface area (Å²) in [5, 5.41) is 14.3. The molecule has 0 amide bonds. The van der Waals surface area contributed by atoms with Gasteiger partial charge in [-0.25, -0.2) is 4.98 Å². The Bertz CT molecular complexity index is 450. The Morgan fingerprint density at radius 2 is 2.05 bits per heavy atom. The normalized spacial score (nSPS) is 12.8. The SMILES string of the molecule is Cc1ccc([N+](=O)[O-])c(NC(CC(C)C)CN(C)C)n1. The summed E-state index contributed by atoms with van der Waals surface area (Å²) in [7, 11) is 3.99. The summed E-state index contributed by atoms with van der Waals surface area (Å²) in [6.45, 7) is 6.92. The molecule has 1 heterocycles. The molecule has 0 radical (unpaired) electrons. The minimum absolute atomic E-state index is 0.0307. The average Bonchev–Trinajstić information content (AvgIpc) is 2.26. The molecule has 6 nitrogen and oxygen atoms in total. The summed E-state index contributed by atoms with van der Waals surface area (Å²) >= 11 is 0. The third-order valence-corrected chi connectivity index (χ3v) is 2.89. The molecule has 20 heavy (non-hydrogen) atoms. The maximum Gasteiger partial charge on any atom is 0.311 e. The van der Waals surface area contributed by atoms with Crippen LogP contribution in [0.15, 0.2) is 12.1 Å². The molecule has 0 aliphatic rings. The van der Waals surface area contributed by atoms with E-state index in [4.69, 9.17) is 0 Å². The van der Waals surface area contributed by atoms with Crippen molar-refractivity contribution >= 4 is 11.5 Å². The van der Waals surface area contributed by atoms with Gasteiger partial charge >= 0.3 is 5.69 Å². The Kier molecular flexibility index (Phi) is 5.88. The molecule has 1 N–H and O–H groups in total. The molecule has 1 atom stereocenters. The average molecular weight is 280 g/mol. The van der Waals surface area contributed by atoms with E-state index < -0.39 is 4.92 Å². The van der Waals surface area contributed by atoms with E-state index in [2.05, 4.69) is 29.0 Å². The highest BCUT2D eigenvalue weighted by atomic mass is 16.6. The molecule has 1 aromatic heterocycles. The Hall–Kier alpha value is -1.69. The molecule has 1 unspecified atom stereocenters. The lowest BCUT2D eigenvalue weighted by molar-refractivity contribution is -0.384. The van der Waals surface area contributed by atoms with Crippen LogP contribution >= 0.6 is 0 Å². The maximum atomic E-state index is 11.1. The smallest absolute Gasteiger partial charge is 0.311 e. The lowest BCUT2D eigenvalue weighted by atomic mass is 10.0. The van der Waals surface area contributed by atoms with Crippen molar-refractivity contribution in [3.63, 3.8) is 0 Å². The molecule has 0 saturated carbocycles. The molecule has 0 spiro atoms. The fourth-order valence-electron chi connectivity index (χ4n) is 2.19. The highest BCUT2D eigenvalue weighted by Crippen LogP contribution is 2.24. The van der Waals surface area contributed by atoms with Crippen LogP contribution in [0, 0.1) is 23.0 Å². The van der Waals surface area contributed by atoms with Gasteiger partial charge in [0.05, 0.1) is 4.92 Å². The van der Waals surface area contributed by atoms with Gasteiger partial charge in [-0.2, -0.15) is 0 Å². The van der Waals surface area contributed by atoms with Crippen molar-refractivity contribution in [2.75, 3.05) is 26.0 Å². The first-order chi connectivity index (χ1) is 9.29. The maximum absolute atomic E-state index is 11.1. The van der Waals surface area contributed by atoms with Crippen LogP contribution in [0.3, 0.4) is 0 Å². The van der Waals surface area contributed by atoms with Crippen LogP contribution in [0.1, 0.15) is 26.0 Å². The number of anilines is 1. The fourth-order valence-corrected chi connectivity index (χ4v) is 2.19. The van der Waals surface area contributed by atoms with Crippen LogP contribution in [0.4, 0.5) is 11.5 Å². The Labute approximate surface area is 120 Å². The number of likely N-dealkylation sites (N-methyl/N-ethyl adjacent to an activating group) is 1. The summed E-state index contributed by atoms with van der Waals surface area (Å²) in [5.74, 6) is 0.874. The van der Waals surface area contributed by atoms with Gasteiger partial charge in [-0.1, -0.05) is 13.8 Å². The number of rotatable bonds is 7. The molecule has 1 aromatic rings. The predicted molar refractivity (Wildman–Crippen MR) is 81.0 cm³/mol. The number of nitro groups is 1. The van der Waals surface area contributed by atoms with Crippen LogP contribution in [-0.4, -0.2) is 41.5 Å². The number of pyridine rings is 1. The predicted octanol–water partition coefficient (Wildman–Crippen LogP) is 2.69. The van der Waals surface area contributed by atoms with Gasteiger partial charge in [0.2, 0.25) is 5.82 Å². The van der Waals surface area contributed by atoms with Crippen LogP contribution in [-0.2, 0) is 0 Å². The monoisotopic (exact) mass is 280 g/mol. The number of aromatic nitrogens is 1. The van der Waals surface area contributed by atoms with Crippen molar-refractivity contribution in [1.29, 1.82) is 0 Å². The van der Waals surface area contributed by atoms with Crippen molar-refractivity contribution in [3.05, 3.63) is 27.9 Å². The van der Waals surface area contributed by atoms with Gasteiger partial charge < -0.3 is 10.2 Å². The van der Waals surface area contributed by atoms with E-state index in [-0.39, 0.29) is 11.7 Å². The highest BCUT2D eigenvalue weighted by Gasteiger charge is 2.20. The van der Waals surface area contributed by atoms with Crippen LogP contribution in [0.2, 0.25) is 0 Å². The largest absolute Gasteiger partial charge is 0.360 e. The summed E-state index contributed by atoms with van der Waals surface area (Å²) in [6, 6.07) is 3.30. The zero-order chi connectivity index (χ0) is 15.3. The number of aryl methyl sites for hydroxylation is 1. The number of hydrogen-bond acceptors (Lipinski definition) is 5. The van der Waals surface area contributed by atoms with E-state index in [1.54, 1.807) is 6.07 Å². The number of nitrogens with zero attached hydrogens (tertiary/aromatic N) is 3. The first-order valence-electron chi connectivity index (χ1n) is 6.83. The van der Waals surface area contributed by atoms with Crippen molar-refractivity contribution in [2.45, 2.75) is 33.2 Å². The molecule has 0 saturated heterocycles. The third-order valence-electron chi connectivity index (χ3n) is 2.89. The number of nitrogens with one attached hydrogen (secondary N) is 1. The topological polar surface area (TPSA) is 71.3 Å². The van der Waals surface area contributed by atoms with Gasteiger partial charge in [-0.15, -0.1) is 0 Å². The quantitative estimate of drug-likeness (QED) is 0.614. The molecule has 0 bridgehead atoms. The molecular weight excluding hydrogens is 256 g/mol. The molecule has 0 fully saturated rings. The third kappa shape index (κ3) is 5.13. The fraction of sp³-hybridized carbons (Fsp3) is 0.643. The second-order valence-corrected chi connectivity index (χ2v) is 5.81. The Balaban J connectivity index is 2.96. The molecule has 0 aliphatic heterocycles. The van der Waals surface area contributed by atoms with Gasteiger partial charge in [0.25, 0.3) is 0 Å². The molecule has 6 heteroatoms. The van der Waals surface area contributed by atoms with E-state index >= 15 is 0 Å². The van der Waals surface area contributed by atoms with Crippen molar-refractivity contribution in [1.82, 2.24) is 9.88 Å². The van der Waals surface area contributed by atoms with E-state index in [9.17, 15) is 10.1 Å². The van der Waals surface area contributed by atoms with Crippen molar-refractivity contribution in [2.24, 2.45) is 5.92 Å². The molecule has 1 rings (SSSR count). The summed E-state index contributed by atoms with van der Waals surface area (Å²) in [5.41, 5.74) is 0.800. The molecule has 0 aliphatic carbocycles. The van der Waals surface area contributed by atoms with Crippen molar-refractivity contribution < 1.29 is 4.92 Å². The first-order valence-corrected chi connectivity index (χ1v) is 6.83. The molecule has 112 valence electrons. The van der Waals surface area contributed by atoms with Crippen LogP contribution in [0.25, 0.3) is 0 Å². The van der Waals surface area contributed by atoms with Gasteiger partial charge in [0, 0.05) is 24.3 Å². The van der Waals surface area contributed by atoms with Gasteiger partial charge in [0.1, 0.15) is 0 Å². The minimum Gasteiger partial charge on any atom is -0.360 e. The Morgan fingerprint density at radius 1 is 1.40 bits per heavy atom. The first kappa shape index (κ1) is 16.4. The molecule has 0 aromatic carbocycles. The highest BCUT2D eigenvalue weighted by molar-refractivity contribution is 5.56. The number of hydrogen-bond donors (Lipinski definition) is 1. The summed E-state index contributed by atoms with van der Waals surface area (Å²) < 4.78 is 0. The second-order valence-electron chi connectivity index (χ2n) is 5.81. The van der Waals surface area contributed by atoms with Gasteiger partial charge in [-0.3, -0.25) is 10.1 Å². The standard InChI is InChI=1S/C14H24N4O2/c1-10(2)8-12(9-17(4)5)16-14-13(18(19)20)7-6-11(3)15-14/h6-7,10,12H,8-9H2,1-5H3,(H,15,16). The summed E-state index contributed by atoms with van der Waals surface area (Å²) in [6.07, 6.45) is 0.935. The van der Waals surface area contributed by atoms with E-state index in [0.717, 1.165) is 18.7 Å². The van der Waals surface area contributed by atoms with Crippen molar-refractivity contribution in [3.8, 4) is 0 Å². The molecular formula is C14H24N4O2. The zero-order valence-electron chi connectivity index (χ0n) is 12.9. The lowest BCUT2D eigenvalue weighted by Crippen LogP contribution is -2.34. The minimum atomic E-state index is -0.392. The van der Waals surface area contributed by atoms with Crippen LogP contribution in [0.5, 0.6) is 0 Å².